The number of rotatable bonds is 2. The zero-order valence-electron chi connectivity index (χ0n) is 9.08. The summed E-state index contributed by atoms with van der Waals surface area (Å²) in [5, 5.41) is 0. The number of nitrogens with zero attached hydrogens (tertiary/aromatic N) is 1. The predicted octanol–water partition coefficient (Wildman–Crippen LogP) is 1.17. The van der Waals surface area contributed by atoms with Gasteiger partial charge in [0.1, 0.15) is 11.6 Å². The van der Waals surface area contributed by atoms with Crippen molar-refractivity contribution in [1.82, 2.24) is 0 Å². The molecule has 6 heteroatoms. The quantitative estimate of drug-likeness (QED) is 0.461. The van der Waals surface area contributed by atoms with Crippen LogP contribution in [0, 0.1) is 11.6 Å². The molecule has 1 aromatic rings. The molecule has 0 aliphatic carbocycles. The molecule has 0 spiro atoms. The fourth-order valence-corrected chi connectivity index (χ4v) is 1.18. The van der Waals surface area contributed by atoms with Crippen molar-refractivity contribution in [3.05, 3.63) is 41.0 Å². The number of hydrogen-bond acceptors (Lipinski definition) is 1. The second kappa shape index (κ2) is 5.20. The third-order valence-electron chi connectivity index (χ3n) is 1.84. The van der Waals surface area contributed by atoms with Crippen LogP contribution in [0.5, 0.6) is 0 Å². The minimum atomic E-state index is -0.724. The minimum absolute atomic E-state index is 0.170. The topological polar surface area (TPSA) is 81.5 Å². The molecular weight excluding hydrogens is 228 g/mol. The lowest BCUT2D eigenvalue weighted by Gasteiger charge is -1.98. The zero-order chi connectivity index (χ0) is 13.0. The molecule has 1 aromatic carbocycles. The number of guanidine groups is 1. The van der Waals surface area contributed by atoms with E-state index in [0.717, 1.165) is 18.2 Å². The maximum absolute atomic E-state index is 12.9. The fourth-order valence-electron chi connectivity index (χ4n) is 1.18. The van der Waals surface area contributed by atoms with Gasteiger partial charge in [-0.05, 0) is 30.7 Å². The predicted molar refractivity (Wildman–Crippen MR) is 60.8 cm³/mol. The van der Waals surface area contributed by atoms with Crippen molar-refractivity contribution in [2.24, 2.45) is 16.5 Å². The summed E-state index contributed by atoms with van der Waals surface area (Å²) in [7, 11) is 0. The van der Waals surface area contributed by atoms with Gasteiger partial charge in [0.05, 0.1) is 0 Å². The highest BCUT2D eigenvalue weighted by Gasteiger charge is 2.04. The average Bonchev–Trinajstić information content (AvgIpc) is 2.14. The van der Waals surface area contributed by atoms with Crippen molar-refractivity contribution in [3.63, 3.8) is 0 Å². The lowest BCUT2D eigenvalue weighted by Crippen LogP contribution is -2.24. The van der Waals surface area contributed by atoms with Crippen molar-refractivity contribution < 1.29 is 13.6 Å². The van der Waals surface area contributed by atoms with Crippen molar-refractivity contribution in [1.29, 1.82) is 0 Å². The number of carbonyl (C=O) groups excluding carboxylic acids is 1. The first-order valence-electron chi connectivity index (χ1n) is 4.67. The number of aliphatic imine (C=N–C) groups is 1. The van der Waals surface area contributed by atoms with Gasteiger partial charge in [0, 0.05) is 11.6 Å². The van der Waals surface area contributed by atoms with Crippen molar-refractivity contribution >= 4 is 17.9 Å². The lowest BCUT2D eigenvalue weighted by molar-refractivity contribution is -0.114. The van der Waals surface area contributed by atoms with Crippen LogP contribution in [0.2, 0.25) is 0 Å². The molecule has 0 unspecified atom stereocenters. The Kier molecular flexibility index (Phi) is 3.92. The Balaban J connectivity index is 3.02. The highest BCUT2D eigenvalue weighted by molar-refractivity contribution is 6.03. The van der Waals surface area contributed by atoms with E-state index < -0.39 is 17.5 Å². The van der Waals surface area contributed by atoms with Crippen LogP contribution in [0.1, 0.15) is 12.5 Å². The monoisotopic (exact) mass is 239 g/mol. The molecule has 4 nitrogen and oxygen atoms in total. The summed E-state index contributed by atoms with van der Waals surface area (Å²) < 4.78 is 25.7. The third-order valence-corrected chi connectivity index (χ3v) is 1.84. The molecule has 0 saturated carbocycles. The molecule has 90 valence electrons. The Bertz CT molecular complexity index is 485. The van der Waals surface area contributed by atoms with Crippen LogP contribution in [0.4, 0.5) is 8.78 Å². The zero-order valence-corrected chi connectivity index (χ0v) is 9.08. The Morgan fingerprint density at radius 3 is 2.24 bits per heavy atom. The first-order chi connectivity index (χ1) is 7.88. The molecule has 0 atom stereocenters. The van der Waals surface area contributed by atoms with Gasteiger partial charge in [-0.3, -0.25) is 4.79 Å². The van der Waals surface area contributed by atoms with Crippen LogP contribution in [0.3, 0.4) is 0 Å². The van der Waals surface area contributed by atoms with E-state index >= 15 is 0 Å². The molecule has 1 amide bonds. The van der Waals surface area contributed by atoms with Gasteiger partial charge in [-0.1, -0.05) is 0 Å². The second-order valence-corrected chi connectivity index (χ2v) is 3.37. The molecule has 0 aliphatic rings. The van der Waals surface area contributed by atoms with E-state index in [4.69, 9.17) is 11.5 Å². The Morgan fingerprint density at radius 2 is 1.76 bits per heavy atom. The van der Waals surface area contributed by atoms with E-state index in [1.165, 1.54) is 13.0 Å². The summed E-state index contributed by atoms with van der Waals surface area (Å²) in [6.45, 7) is 1.44. The largest absolute Gasteiger partial charge is 0.370 e. The highest BCUT2D eigenvalue weighted by atomic mass is 19.1. The Labute approximate surface area is 96.6 Å². The standard InChI is InChI=1S/C11H11F2N3O/c1-6(10(17)16-11(14)15)2-7-3-8(12)5-9(13)4-7/h2-5H,1H3,(H4,14,15,16,17). The van der Waals surface area contributed by atoms with E-state index in [9.17, 15) is 13.6 Å². The lowest BCUT2D eigenvalue weighted by atomic mass is 10.1. The number of benzene rings is 1. The van der Waals surface area contributed by atoms with Gasteiger partial charge in [0.25, 0.3) is 5.91 Å². The van der Waals surface area contributed by atoms with Crippen molar-refractivity contribution in [3.8, 4) is 0 Å². The molecule has 17 heavy (non-hydrogen) atoms. The summed E-state index contributed by atoms with van der Waals surface area (Å²) in [6, 6.07) is 2.93. The van der Waals surface area contributed by atoms with Crippen LogP contribution in [-0.2, 0) is 4.79 Å². The minimum Gasteiger partial charge on any atom is -0.370 e. The van der Waals surface area contributed by atoms with Gasteiger partial charge >= 0.3 is 0 Å². The number of nitrogens with two attached hydrogens (primary N) is 2. The van der Waals surface area contributed by atoms with Crippen molar-refractivity contribution in [2.75, 3.05) is 0 Å². The SMILES string of the molecule is CC(=Cc1cc(F)cc(F)c1)C(=O)N=C(N)N. The van der Waals surface area contributed by atoms with Gasteiger partial charge in [-0.15, -0.1) is 0 Å². The number of amides is 1. The summed E-state index contributed by atoms with van der Waals surface area (Å²) in [4.78, 5) is 14.6. The normalized spacial score (nSPS) is 11.1. The molecule has 0 aromatic heterocycles. The first kappa shape index (κ1) is 12.8. The van der Waals surface area contributed by atoms with E-state index in [1.54, 1.807) is 0 Å². The van der Waals surface area contributed by atoms with Gasteiger partial charge in [-0.25, -0.2) is 8.78 Å². The highest BCUT2D eigenvalue weighted by Crippen LogP contribution is 2.12. The maximum atomic E-state index is 12.9. The van der Waals surface area contributed by atoms with Gasteiger partial charge in [0.2, 0.25) is 0 Å². The van der Waals surface area contributed by atoms with Gasteiger partial charge in [-0.2, -0.15) is 4.99 Å². The molecule has 0 saturated heterocycles. The van der Waals surface area contributed by atoms with Crippen LogP contribution in [0.15, 0.2) is 28.8 Å². The second-order valence-electron chi connectivity index (χ2n) is 3.37. The molecule has 1 rings (SSSR count). The fraction of sp³-hybridized carbons (Fsp3) is 0.0909. The summed E-state index contributed by atoms with van der Waals surface area (Å²) in [6.07, 6.45) is 1.29. The number of carbonyl (C=O) groups is 1. The summed E-state index contributed by atoms with van der Waals surface area (Å²) in [5.74, 6) is -2.47. The summed E-state index contributed by atoms with van der Waals surface area (Å²) in [5.41, 5.74) is 10.5. The number of halogens is 2. The Morgan fingerprint density at radius 1 is 1.24 bits per heavy atom. The molecule has 0 aliphatic heterocycles. The van der Waals surface area contributed by atoms with E-state index in [0.29, 0.717) is 0 Å². The molecule has 0 fully saturated rings. The van der Waals surface area contributed by atoms with Crippen molar-refractivity contribution in [2.45, 2.75) is 6.92 Å². The van der Waals surface area contributed by atoms with Gasteiger partial charge in [0.15, 0.2) is 5.96 Å². The van der Waals surface area contributed by atoms with E-state index in [2.05, 4.69) is 4.99 Å². The van der Waals surface area contributed by atoms with Crippen LogP contribution < -0.4 is 11.5 Å². The molecule has 4 N–H and O–H groups in total. The smallest absolute Gasteiger partial charge is 0.275 e. The molecule has 0 heterocycles. The van der Waals surface area contributed by atoms with Crippen LogP contribution in [-0.4, -0.2) is 11.9 Å². The maximum Gasteiger partial charge on any atom is 0.275 e. The molecule has 0 radical (unpaired) electrons. The van der Waals surface area contributed by atoms with Gasteiger partial charge < -0.3 is 11.5 Å². The van der Waals surface area contributed by atoms with E-state index in [-0.39, 0.29) is 17.1 Å². The summed E-state index contributed by atoms with van der Waals surface area (Å²) >= 11 is 0. The van der Waals surface area contributed by atoms with E-state index in [1.807, 2.05) is 0 Å². The van der Waals surface area contributed by atoms with Crippen LogP contribution in [0.25, 0.3) is 6.08 Å². The van der Waals surface area contributed by atoms with Crippen LogP contribution >= 0.6 is 0 Å². The molecule has 0 bridgehead atoms. The Hall–Kier alpha value is -2.24. The average molecular weight is 239 g/mol. The number of hydrogen-bond donors (Lipinski definition) is 2. The third kappa shape index (κ3) is 4.02. The first-order valence-corrected chi connectivity index (χ1v) is 4.67. The molecular formula is C11H11F2N3O.